The molecule has 24 heavy (non-hydrogen) atoms. The zero-order valence-electron chi connectivity index (χ0n) is 13.9. The number of carbonyl (C=O) groups excluding carboxylic acids is 3. The number of benzene rings is 1. The number of imide groups is 1. The maximum atomic E-state index is 12.8. The predicted octanol–water partition coefficient (Wildman–Crippen LogP) is 1.20. The van der Waals surface area contributed by atoms with Gasteiger partial charge in [-0.15, -0.1) is 0 Å². The number of carbonyl (C=O) groups is 3. The van der Waals surface area contributed by atoms with Crippen LogP contribution < -0.4 is 11.1 Å². The van der Waals surface area contributed by atoms with Gasteiger partial charge in [0.15, 0.2) is 0 Å². The number of amides is 3. The molecule has 2 heterocycles. The molecule has 0 aromatic heterocycles. The minimum atomic E-state index is -0.588. The van der Waals surface area contributed by atoms with E-state index in [1.54, 1.807) is 11.0 Å². The summed E-state index contributed by atoms with van der Waals surface area (Å²) in [5, 5.41) is 2.32. The largest absolute Gasteiger partial charge is 0.327 e. The second kappa shape index (κ2) is 6.20. The van der Waals surface area contributed by atoms with E-state index < -0.39 is 6.04 Å². The van der Waals surface area contributed by atoms with Crippen LogP contribution in [0, 0.1) is 0 Å². The Kier molecular flexibility index (Phi) is 4.24. The number of hydrogen-bond donors (Lipinski definition) is 2. The molecule has 3 rings (SSSR count). The van der Waals surface area contributed by atoms with Crippen molar-refractivity contribution in [3.63, 3.8) is 0 Å². The fourth-order valence-corrected chi connectivity index (χ4v) is 3.32. The topological polar surface area (TPSA) is 92.5 Å². The van der Waals surface area contributed by atoms with Crippen molar-refractivity contribution >= 4 is 23.3 Å². The van der Waals surface area contributed by atoms with Crippen molar-refractivity contribution in [1.29, 1.82) is 0 Å². The molecule has 1 saturated heterocycles. The molecule has 0 radical (unpaired) electrons. The molecule has 2 aliphatic heterocycles. The van der Waals surface area contributed by atoms with Gasteiger partial charge < -0.3 is 10.6 Å². The molecule has 0 saturated carbocycles. The Labute approximate surface area is 140 Å². The van der Waals surface area contributed by atoms with Crippen LogP contribution in [0.4, 0.5) is 0 Å². The number of piperidine rings is 1. The smallest absolute Gasteiger partial charge is 0.255 e. The molecule has 1 unspecified atom stereocenters. The van der Waals surface area contributed by atoms with E-state index in [0.29, 0.717) is 25.1 Å². The van der Waals surface area contributed by atoms with Gasteiger partial charge in [0.2, 0.25) is 11.8 Å². The Morgan fingerprint density at radius 1 is 1.29 bits per heavy atom. The zero-order chi connectivity index (χ0) is 17.4. The van der Waals surface area contributed by atoms with Crippen molar-refractivity contribution < 1.29 is 14.4 Å². The van der Waals surface area contributed by atoms with Crippen LogP contribution in [0.5, 0.6) is 0 Å². The summed E-state index contributed by atoms with van der Waals surface area (Å²) in [6.07, 6.45) is 0.630. The highest BCUT2D eigenvalue weighted by molar-refractivity contribution is 6.06. The quantitative estimate of drug-likeness (QED) is 0.816. The van der Waals surface area contributed by atoms with Crippen molar-refractivity contribution in [3.8, 4) is 0 Å². The van der Waals surface area contributed by atoms with Gasteiger partial charge in [0.25, 0.3) is 5.91 Å². The van der Waals surface area contributed by atoms with E-state index >= 15 is 0 Å². The van der Waals surface area contributed by atoms with Crippen molar-refractivity contribution in [3.05, 3.63) is 40.5 Å². The van der Waals surface area contributed by atoms with E-state index in [2.05, 4.69) is 5.32 Å². The summed E-state index contributed by atoms with van der Waals surface area (Å²) in [4.78, 5) is 37.8. The normalized spacial score (nSPS) is 21.5. The zero-order valence-corrected chi connectivity index (χ0v) is 13.9. The molecule has 3 amide bonds. The Morgan fingerprint density at radius 3 is 2.71 bits per heavy atom. The second-order valence-corrected chi connectivity index (χ2v) is 6.34. The minimum Gasteiger partial charge on any atom is -0.327 e. The number of rotatable bonds is 3. The van der Waals surface area contributed by atoms with Crippen molar-refractivity contribution in [2.45, 2.75) is 39.3 Å². The Hall–Kier alpha value is -2.47. The summed E-state index contributed by atoms with van der Waals surface area (Å²) in [6, 6.07) is 5.04. The summed E-state index contributed by atoms with van der Waals surface area (Å²) in [5.74, 6) is -0.822. The predicted molar refractivity (Wildman–Crippen MR) is 89.8 cm³/mol. The maximum absolute atomic E-state index is 12.8. The van der Waals surface area contributed by atoms with E-state index in [1.165, 1.54) is 0 Å². The van der Waals surface area contributed by atoms with Gasteiger partial charge in [0.05, 0.1) is 0 Å². The fourth-order valence-electron chi connectivity index (χ4n) is 3.32. The Morgan fingerprint density at radius 2 is 2.04 bits per heavy atom. The Bertz CT molecular complexity index is 767. The van der Waals surface area contributed by atoms with E-state index in [-0.39, 0.29) is 24.1 Å². The van der Waals surface area contributed by atoms with Crippen molar-refractivity contribution in [2.75, 3.05) is 6.54 Å². The first-order chi connectivity index (χ1) is 11.4. The van der Waals surface area contributed by atoms with Crippen LogP contribution in [0.25, 0.3) is 5.57 Å². The van der Waals surface area contributed by atoms with Gasteiger partial charge in [0, 0.05) is 25.1 Å². The second-order valence-electron chi connectivity index (χ2n) is 6.34. The van der Waals surface area contributed by atoms with Gasteiger partial charge >= 0.3 is 0 Å². The minimum absolute atomic E-state index is 0.153. The van der Waals surface area contributed by atoms with E-state index in [1.807, 2.05) is 26.0 Å². The average Bonchev–Trinajstić information content (AvgIpc) is 2.90. The van der Waals surface area contributed by atoms with Gasteiger partial charge in [-0.05, 0) is 43.0 Å². The molecule has 3 N–H and O–H groups in total. The molecule has 1 fully saturated rings. The summed E-state index contributed by atoms with van der Waals surface area (Å²) in [7, 11) is 0. The number of nitrogens with two attached hydrogens (primary N) is 1. The molecule has 2 aliphatic rings. The van der Waals surface area contributed by atoms with Crippen LogP contribution in [-0.2, 0) is 16.1 Å². The lowest BCUT2D eigenvalue weighted by molar-refractivity contribution is -0.136. The van der Waals surface area contributed by atoms with Gasteiger partial charge in [0.1, 0.15) is 6.04 Å². The molecule has 0 bridgehead atoms. The summed E-state index contributed by atoms with van der Waals surface area (Å²) >= 11 is 0. The lowest BCUT2D eigenvalue weighted by Crippen LogP contribution is -2.52. The average molecular weight is 327 g/mol. The number of allylic oxidation sites excluding steroid dienone is 1. The molecule has 1 atom stereocenters. The number of nitrogens with one attached hydrogen (secondary N) is 1. The van der Waals surface area contributed by atoms with Gasteiger partial charge in [-0.25, -0.2) is 0 Å². The molecule has 0 spiro atoms. The third-order valence-electron chi connectivity index (χ3n) is 4.93. The third kappa shape index (κ3) is 2.63. The fraction of sp³-hybridized carbons (Fsp3) is 0.389. The molecular weight excluding hydrogens is 306 g/mol. The van der Waals surface area contributed by atoms with Crippen LogP contribution >= 0.6 is 0 Å². The molecule has 126 valence electrons. The lowest BCUT2D eigenvalue weighted by atomic mass is 9.95. The van der Waals surface area contributed by atoms with Crippen LogP contribution in [0.1, 0.15) is 48.2 Å². The molecule has 6 nitrogen and oxygen atoms in total. The highest BCUT2D eigenvalue weighted by Crippen LogP contribution is 2.33. The van der Waals surface area contributed by atoms with Crippen molar-refractivity contribution in [2.24, 2.45) is 5.73 Å². The standard InChI is InChI=1S/C18H21N3O3/c1-10(8-19)11(2)12-4-3-5-13-14(12)9-21(18(13)24)15-6-7-16(22)20-17(15)23/h3-5,15H,6-9,19H2,1-2H3,(H,20,22,23)/b11-10+. The summed E-state index contributed by atoms with van der Waals surface area (Å²) in [5.41, 5.74) is 10.4. The lowest BCUT2D eigenvalue weighted by Gasteiger charge is -2.29. The van der Waals surface area contributed by atoms with E-state index in [4.69, 9.17) is 5.73 Å². The SMILES string of the molecule is C/C(CN)=C(/C)c1cccc2c1CN(C1CCC(=O)NC1=O)C2=O. The van der Waals surface area contributed by atoms with Gasteiger partial charge in [-0.2, -0.15) is 0 Å². The number of nitrogens with zero attached hydrogens (tertiary/aromatic N) is 1. The molecule has 1 aromatic carbocycles. The van der Waals surface area contributed by atoms with Gasteiger partial charge in [-0.1, -0.05) is 17.7 Å². The molecule has 6 heteroatoms. The first kappa shape index (κ1) is 16.4. The monoisotopic (exact) mass is 327 g/mol. The summed E-state index contributed by atoms with van der Waals surface area (Å²) < 4.78 is 0. The summed E-state index contributed by atoms with van der Waals surface area (Å²) in [6.45, 7) is 4.81. The van der Waals surface area contributed by atoms with Crippen LogP contribution in [0.2, 0.25) is 0 Å². The highest BCUT2D eigenvalue weighted by Gasteiger charge is 2.39. The van der Waals surface area contributed by atoms with Gasteiger partial charge in [-0.3, -0.25) is 19.7 Å². The maximum Gasteiger partial charge on any atom is 0.255 e. The number of hydrogen-bond acceptors (Lipinski definition) is 4. The highest BCUT2D eigenvalue weighted by atomic mass is 16.2. The van der Waals surface area contributed by atoms with E-state index in [0.717, 1.165) is 22.3 Å². The van der Waals surface area contributed by atoms with Crippen LogP contribution in [0.3, 0.4) is 0 Å². The van der Waals surface area contributed by atoms with Crippen LogP contribution in [0.15, 0.2) is 23.8 Å². The first-order valence-corrected chi connectivity index (χ1v) is 8.07. The number of fused-ring (bicyclic) bond motifs is 1. The first-order valence-electron chi connectivity index (χ1n) is 8.07. The van der Waals surface area contributed by atoms with Crippen LogP contribution in [-0.4, -0.2) is 35.2 Å². The van der Waals surface area contributed by atoms with Crippen molar-refractivity contribution in [1.82, 2.24) is 10.2 Å². The molecule has 1 aromatic rings. The third-order valence-corrected chi connectivity index (χ3v) is 4.93. The molecular formula is C18H21N3O3. The Balaban J connectivity index is 1.96. The molecule has 0 aliphatic carbocycles. The van der Waals surface area contributed by atoms with E-state index in [9.17, 15) is 14.4 Å².